The highest BCUT2D eigenvalue weighted by molar-refractivity contribution is 6.36. The molecule has 0 aliphatic heterocycles. The average molecular weight is 254 g/mol. The number of carbonyl (C=O) groups is 1. The zero-order valence-electron chi connectivity index (χ0n) is 9.53. The molecule has 0 spiro atoms. The Morgan fingerprint density at radius 1 is 1.59 bits per heavy atom. The number of aromatic nitrogens is 1. The van der Waals surface area contributed by atoms with E-state index in [9.17, 15) is 4.79 Å². The molecule has 0 atom stereocenters. The molecular formula is C12H12ClNO3. The van der Waals surface area contributed by atoms with Crippen LogP contribution in [0.2, 0.25) is 5.02 Å². The maximum atomic E-state index is 11.2. The summed E-state index contributed by atoms with van der Waals surface area (Å²) in [5.41, 5.74) is 1.39. The predicted molar refractivity (Wildman–Crippen MR) is 64.5 cm³/mol. The molecule has 1 N–H and O–H groups in total. The van der Waals surface area contributed by atoms with Crippen molar-refractivity contribution < 1.29 is 14.3 Å². The van der Waals surface area contributed by atoms with Crippen LogP contribution in [0.4, 0.5) is 0 Å². The third-order valence-electron chi connectivity index (χ3n) is 2.75. The molecule has 2 heterocycles. The molecule has 0 unspecified atom stereocenters. The normalized spacial score (nSPS) is 10.8. The van der Waals surface area contributed by atoms with Crippen LogP contribution in [0.25, 0.3) is 11.5 Å². The number of hydrogen-bond acceptors (Lipinski definition) is 2. The first kappa shape index (κ1) is 11.8. The standard InChI is InChI=1S/C12H12ClNO3/c1-3-14-7(2)9(12(15)16)10(13)11(14)8-5-4-6-17-8/h4-6H,3H2,1-2H3,(H,15,16). The summed E-state index contributed by atoms with van der Waals surface area (Å²) < 4.78 is 7.13. The molecule has 0 saturated carbocycles. The van der Waals surface area contributed by atoms with Crippen molar-refractivity contribution in [3.05, 3.63) is 34.7 Å². The van der Waals surface area contributed by atoms with Crippen molar-refractivity contribution in [2.24, 2.45) is 0 Å². The van der Waals surface area contributed by atoms with E-state index in [4.69, 9.17) is 21.1 Å². The summed E-state index contributed by atoms with van der Waals surface area (Å²) in [4.78, 5) is 11.2. The third-order valence-corrected chi connectivity index (χ3v) is 3.12. The zero-order valence-corrected chi connectivity index (χ0v) is 10.3. The Morgan fingerprint density at radius 3 is 2.76 bits per heavy atom. The van der Waals surface area contributed by atoms with Gasteiger partial charge in [-0.25, -0.2) is 4.79 Å². The molecule has 2 aromatic rings. The molecule has 0 fully saturated rings. The number of rotatable bonds is 3. The van der Waals surface area contributed by atoms with Crippen LogP contribution in [0.5, 0.6) is 0 Å². The van der Waals surface area contributed by atoms with Gasteiger partial charge in [0.15, 0.2) is 5.76 Å². The fraction of sp³-hybridized carbons (Fsp3) is 0.250. The molecule has 0 aromatic carbocycles. The Hall–Kier alpha value is -1.68. The fourth-order valence-electron chi connectivity index (χ4n) is 2.00. The lowest BCUT2D eigenvalue weighted by Gasteiger charge is -2.06. The van der Waals surface area contributed by atoms with E-state index in [1.807, 2.05) is 11.5 Å². The molecule has 0 amide bonds. The number of furan rings is 1. The molecule has 0 saturated heterocycles. The van der Waals surface area contributed by atoms with Gasteiger partial charge in [-0.15, -0.1) is 0 Å². The molecular weight excluding hydrogens is 242 g/mol. The van der Waals surface area contributed by atoms with Gasteiger partial charge in [-0.3, -0.25) is 0 Å². The van der Waals surface area contributed by atoms with Crippen LogP contribution < -0.4 is 0 Å². The van der Waals surface area contributed by atoms with Crippen molar-refractivity contribution >= 4 is 17.6 Å². The molecule has 5 heteroatoms. The average Bonchev–Trinajstić information content (AvgIpc) is 2.84. The number of carboxylic acid groups (broad SMARTS) is 1. The predicted octanol–water partition coefficient (Wildman–Crippen LogP) is 3.43. The van der Waals surface area contributed by atoms with E-state index >= 15 is 0 Å². The van der Waals surface area contributed by atoms with Gasteiger partial charge >= 0.3 is 5.97 Å². The highest BCUT2D eigenvalue weighted by Crippen LogP contribution is 2.35. The van der Waals surface area contributed by atoms with Crippen molar-refractivity contribution in [3.63, 3.8) is 0 Å². The fourth-order valence-corrected chi connectivity index (χ4v) is 2.41. The summed E-state index contributed by atoms with van der Waals surface area (Å²) >= 11 is 6.14. The molecule has 2 aromatic heterocycles. The molecule has 17 heavy (non-hydrogen) atoms. The SMILES string of the molecule is CCn1c(C)c(C(=O)O)c(Cl)c1-c1ccco1. The lowest BCUT2D eigenvalue weighted by molar-refractivity contribution is 0.0696. The highest BCUT2D eigenvalue weighted by Gasteiger charge is 2.25. The Kier molecular flexibility index (Phi) is 2.98. The van der Waals surface area contributed by atoms with Crippen molar-refractivity contribution in [2.45, 2.75) is 20.4 Å². The van der Waals surface area contributed by atoms with Crippen molar-refractivity contribution in [1.82, 2.24) is 4.57 Å². The Balaban J connectivity index is 2.75. The lowest BCUT2D eigenvalue weighted by Crippen LogP contribution is -2.02. The number of carboxylic acids is 1. The zero-order chi connectivity index (χ0) is 12.6. The van der Waals surface area contributed by atoms with Crippen LogP contribution in [-0.2, 0) is 6.54 Å². The minimum absolute atomic E-state index is 0.139. The molecule has 0 radical (unpaired) electrons. The van der Waals surface area contributed by atoms with E-state index in [1.165, 1.54) is 6.26 Å². The van der Waals surface area contributed by atoms with Crippen molar-refractivity contribution in [2.75, 3.05) is 0 Å². The maximum Gasteiger partial charge on any atom is 0.339 e. The van der Waals surface area contributed by atoms with Gasteiger partial charge < -0.3 is 14.1 Å². The van der Waals surface area contributed by atoms with E-state index in [0.717, 1.165) is 0 Å². The minimum atomic E-state index is -1.02. The Labute approximate surface area is 103 Å². The van der Waals surface area contributed by atoms with Gasteiger partial charge in [-0.1, -0.05) is 11.6 Å². The number of nitrogens with zero attached hydrogens (tertiary/aromatic N) is 1. The summed E-state index contributed by atoms with van der Waals surface area (Å²) in [6, 6.07) is 3.51. The summed E-state index contributed by atoms with van der Waals surface area (Å²) in [7, 11) is 0. The van der Waals surface area contributed by atoms with Crippen LogP contribution >= 0.6 is 11.6 Å². The molecule has 0 aliphatic rings. The second kappa shape index (κ2) is 4.30. The number of hydrogen-bond donors (Lipinski definition) is 1. The molecule has 4 nitrogen and oxygen atoms in total. The second-order valence-electron chi connectivity index (χ2n) is 3.65. The van der Waals surface area contributed by atoms with Crippen LogP contribution in [0.1, 0.15) is 23.0 Å². The van der Waals surface area contributed by atoms with Crippen LogP contribution in [0, 0.1) is 6.92 Å². The first-order valence-corrected chi connectivity index (χ1v) is 5.61. The smallest absolute Gasteiger partial charge is 0.339 e. The lowest BCUT2D eigenvalue weighted by atomic mass is 10.2. The first-order valence-electron chi connectivity index (χ1n) is 5.23. The summed E-state index contributed by atoms with van der Waals surface area (Å²) in [6.07, 6.45) is 1.54. The van der Waals surface area contributed by atoms with Crippen LogP contribution in [0.15, 0.2) is 22.8 Å². The van der Waals surface area contributed by atoms with Gasteiger partial charge in [0.05, 0.1) is 16.8 Å². The van der Waals surface area contributed by atoms with E-state index in [0.29, 0.717) is 23.7 Å². The summed E-state index contributed by atoms with van der Waals surface area (Å²) in [5, 5.41) is 9.38. The minimum Gasteiger partial charge on any atom is -0.478 e. The topological polar surface area (TPSA) is 55.4 Å². The quantitative estimate of drug-likeness (QED) is 0.912. The number of aromatic carboxylic acids is 1. The van der Waals surface area contributed by atoms with E-state index in [2.05, 4.69) is 0 Å². The number of halogens is 1. The van der Waals surface area contributed by atoms with Gasteiger partial charge in [0, 0.05) is 12.2 Å². The van der Waals surface area contributed by atoms with Crippen LogP contribution in [-0.4, -0.2) is 15.6 Å². The third kappa shape index (κ3) is 1.74. The Morgan fingerprint density at radius 2 is 2.29 bits per heavy atom. The van der Waals surface area contributed by atoms with Crippen molar-refractivity contribution in [3.8, 4) is 11.5 Å². The second-order valence-corrected chi connectivity index (χ2v) is 4.03. The van der Waals surface area contributed by atoms with Gasteiger partial charge in [0.25, 0.3) is 0 Å². The monoisotopic (exact) mass is 253 g/mol. The van der Waals surface area contributed by atoms with E-state index < -0.39 is 5.97 Å². The Bertz CT molecular complexity index is 555. The van der Waals surface area contributed by atoms with Gasteiger partial charge in [-0.2, -0.15) is 0 Å². The van der Waals surface area contributed by atoms with Crippen LogP contribution in [0.3, 0.4) is 0 Å². The van der Waals surface area contributed by atoms with Gasteiger partial charge in [0.2, 0.25) is 0 Å². The molecule has 0 bridgehead atoms. The molecule has 90 valence electrons. The van der Waals surface area contributed by atoms with Gasteiger partial charge in [-0.05, 0) is 26.0 Å². The van der Waals surface area contributed by atoms with E-state index in [-0.39, 0.29) is 10.6 Å². The van der Waals surface area contributed by atoms with E-state index in [1.54, 1.807) is 19.1 Å². The summed E-state index contributed by atoms with van der Waals surface area (Å²) in [5.74, 6) is -0.444. The molecule has 2 rings (SSSR count). The highest BCUT2D eigenvalue weighted by atomic mass is 35.5. The maximum absolute atomic E-state index is 11.2. The molecule has 0 aliphatic carbocycles. The van der Waals surface area contributed by atoms with Crippen molar-refractivity contribution in [1.29, 1.82) is 0 Å². The first-order chi connectivity index (χ1) is 8.07. The van der Waals surface area contributed by atoms with Gasteiger partial charge in [0.1, 0.15) is 5.69 Å². The summed E-state index contributed by atoms with van der Waals surface area (Å²) in [6.45, 7) is 4.31. The largest absolute Gasteiger partial charge is 0.478 e.